The van der Waals surface area contributed by atoms with E-state index in [1.165, 1.54) is 22.3 Å². The van der Waals surface area contributed by atoms with E-state index in [9.17, 15) is 9.59 Å². The van der Waals surface area contributed by atoms with Crippen LogP contribution >= 0.6 is 23.2 Å². The third-order valence-corrected chi connectivity index (χ3v) is 6.60. The second-order valence-electron chi connectivity index (χ2n) is 8.96. The Labute approximate surface area is 221 Å². The van der Waals surface area contributed by atoms with Crippen molar-refractivity contribution in [1.29, 1.82) is 0 Å². The zero-order valence-corrected chi connectivity index (χ0v) is 21.9. The quantitative estimate of drug-likeness (QED) is 0.349. The van der Waals surface area contributed by atoms with Gasteiger partial charge in [0.05, 0.1) is 0 Å². The van der Waals surface area contributed by atoms with E-state index in [1.54, 1.807) is 0 Å². The van der Waals surface area contributed by atoms with E-state index in [1.807, 2.05) is 12.1 Å². The van der Waals surface area contributed by atoms with Crippen molar-refractivity contribution in [2.75, 3.05) is 26.2 Å². The number of hydrogen-bond acceptors (Lipinski definition) is 6. The molecule has 0 saturated heterocycles. The van der Waals surface area contributed by atoms with Gasteiger partial charge in [0.1, 0.15) is 0 Å². The summed E-state index contributed by atoms with van der Waals surface area (Å²) in [4.78, 5) is 19.5. The van der Waals surface area contributed by atoms with Gasteiger partial charge in [-0.15, -0.1) is 0 Å². The van der Waals surface area contributed by atoms with Gasteiger partial charge in [0.25, 0.3) is 0 Å². The van der Waals surface area contributed by atoms with Crippen LogP contribution in [0, 0.1) is 0 Å². The van der Waals surface area contributed by atoms with E-state index < -0.39 is 24.1 Å². The Morgan fingerprint density at radius 2 is 1.14 bits per heavy atom. The highest BCUT2D eigenvalue weighted by atomic mass is 35.5. The predicted molar refractivity (Wildman–Crippen MR) is 140 cm³/mol. The third-order valence-electron chi connectivity index (χ3n) is 6.13. The summed E-state index contributed by atoms with van der Waals surface area (Å²) in [5, 5.41) is 41.1. The summed E-state index contributed by atoms with van der Waals surface area (Å²) in [6.07, 6.45) is -2.29. The molecule has 0 bridgehead atoms. The molecule has 2 aliphatic rings. The van der Waals surface area contributed by atoms with Gasteiger partial charge >= 0.3 is 11.9 Å². The number of hydrogen-bond donors (Lipinski definition) is 6. The lowest BCUT2D eigenvalue weighted by Crippen LogP contribution is -2.39. The molecule has 0 fully saturated rings. The molecule has 10 heteroatoms. The fourth-order valence-corrected chi connectivity index (χ4v) is 4.44. The van der Waals surface area contributed by atoms with Crippen LogP contribution in [0.15, 0.2) is 36.4 Å². The minimum atomic E-state index is -2.27. The van der Waals surface area contributed by atoms with Crippen molar-refractivity contribution in [3.63, 3.8) is 0 Å². The summed E-state index contributed by atoms with van der Waals surface area (Å²) in [5.41, 5.74) is 5.72. The van der Waals surface area contributed by atoms with Gasteiger partial charge in [0.15, 0.2) is 12.2 Å². The number of benzene rings is 2. The smallest absolute Gasteiger partial charge is 0.335 e. The van der Waals surface area contributed by atoms with Crippen molar-refractivity contribution >= 4 is 35.1 Å². The number of aliphatic carboxylic acids is 2. The predicted octanol–water partition coefficient (Wildman–Crippen LogP) is 3.06. The van der Waals surface area contributed by atoms with Crippen LogP contribution in [0.2, 0.25) is 10.0 Å². The fraction of sp³-hybridized carbons (Fsp3) is 0.462. The first kappa shape index (κ1) is 30.0. The number of fused-ring (bicyclic) bond motifs is 2. The minimum absolute atomic E-state index is 0.580. The molecule has 2 aromatic carbocycles. The van der Waals surface area contributed by atoms with E-state index in [-0.39, 0.29) is 0 Å². The van der Waals surface area contributed by atoms with Crippen molar-refractivity contribution in [2.45, 2.75) is 50.7 Å². The standard InChI is InChI=1S/2C11H14ClN.C4H6O6/c2*1-8-7-13-5-4-9-2-3-10(12)6-11(8)9;5-1(3(7)8)2(6)4(9)10/h2*2-3,6,8,13H,4-5,7H2,1H3;1-2,5-6H,(H,7,8)(H,9,10)/t2*8-;/m00./s1. The van der Waals surface area contributed by atoms with E-state index >= 15 is 0 Å². The summed E-state index contributed by atoms with van der Waals surface area (Å²) in [6.45, 7) is 8.78. The maximum Gasteiger partial charge on any atom is 0.335 e. The van der Waals surface area contributed by atoms with Crippen LogP contribution in [0.4, 0.5) is 0 Å². The molecular weight excluding hydrogens is 507 g/mol. The highest BCUT2D eigenvalue weighted by molar-refractivity contribution is 6.31. The molecule has 4 atom stereocenters. The Hall–Kier alpha value is -2.20. The lowest BCUT2D eigenvalue weighted by molar-refractivity contribution is -0.165. The number of carbonyl (C=O) groups is 2. The van der Waals surface area contributed by atoms with Gasteiger partial charge in [0, 0.05) is 23.1 Å². The second kappa shape index (κ2) is 14.5. The first-order valence-electron chi connectivity index (χ1n) is 11.8. The van der Waals surface area contributed by atoms with Crippen LogP contribution in [0.5, 0.6) is 0 Å². The van der Waals surface area contributed by atoms with Crippen LogP contribution in [0.1, 0.15) is 47.9 Å². The Morgan fingerprint density at radius 3 is 1.47 bits per heavy atom. The van der Waals surface area contributed by atoms with E-state index in [2.05, 4.69) is 48.7 Å². The van der Waals surface area contributed by atoms with E-state index in [0.29, 0.717) is 11.8 Å². The van der Waals surface area contributed by atoms with Crippen LogP contribution in [-0.2, 0) is 22.4 Å². The van der Waals surface area contributed by atoms with Crippen LogP contribution in [0.3, 0.4) is 0 Å². The number of carboxylic acid groups (broad SMARTS) is 2. The number of nitrogens with one attached hydrogen (secondary N) is 2. The van der Waals surface area contributed by atoms with Crippen molar-refractivity contribution in [3.05, 3.63) is 68.7 Å². The molecule has 8 nitrogen and oxygen atoms in total. The Morgan fingerprint density at radius 1 is 0.778 bits per heavy atom. The number of halogens is 2. The monoisotopic (exact) mass is 540 g/mol. The van der Waals surface area contributed by atoms with Gasteiger partial charge in [-0.1, -0.05) is 49.2 Å². The van der Waals surface area contributed by atoms with Gasteiger partial charge in [-0.05, 0) is 84.3 Å². The number of aliphatic hydroxyl groups is 2. The van der Waals surface area contributed by atoms with Crippen molar-refractivity contribution < 1.29 is 30.0 Å². The van der Waals surface area contributed by atoms with Crippen molar-refractivity contribution in [2.24, 2.45) is 0 Å². The molecule has 36 heavy (non-hydrogen) atoms. The normalized spacial score (nSPS) is 20.4. The molecule has 0 amide bonds. The number of carboxylic acids is 2. The molecule has 2 unspecified atom stereocenters. The summed E-state index contributed by atoms with van der Waals surface area (Å²) in [6, 6.07) is 12.5. The molecule has 0 saturated carbocycles. The Balaban J connectivity index is 0.000000193. The highest BCUT2D eigenvalue weighted by Gasteiger charge is 2.29. The first-order valence-corrected chi connectivity index (χ1v) is 12.6. The zero-order chi connectivity index (χ0) is 26.8. The molecule has 4 rings (SSSR count). The van der Waals surface area contributed by atoms with Crippen molar-refractivity contribution in [3.8, 4) is 0 Å². The molecule has 198 valence electrons. The maximum atomic E-state index is 9.77. The molecule has 0 spiro atoms. The zero-order valence-electron chi connectivity index (χ0n) is 20.4. The molecule has 6 N–H and O–H groups in total. The van der Waals surface area contributed by atoms with Crippen LogP contribution in [-0.4, -0.2) is 70.8 Å². The second-order valence-corrected chi connectivity index (χ2v) is 9.84. The van der Waals surface area contributed by atoms with Gasteiger partial charge < -0.3 is 31.1 Å². The molecule has 0 aromatic heterocycles. The Bertz CT molecular complexity index is 954. The van der Waals surface area contributed by atoms with E-state index in [4.69, 9.17) is 43.6 Å². The van der Waals surface area contributed by atoms with Gasteiger partial charge in [-0.25, -0.2) is 9.59 Å². The van der Waals surface area contributed by atoms with Gasteiger partial charge in [0.2, 0.25) is 0 Å². The number of rotatable bonds is 3. The minimum Gasteiger partial charge on any atom is -0.479 e. The fourth-order valence-electron chi connectivity index (χ4n) is 4.08. The number of aliphatic hydroxyl groups excluding tert-OH is 2. The molecule has 0 radical (unpaired) electrons. The molecular formula is C26H34Cl2N2O6. The Kier molecular flexibility index (Phi) is 12.1. The molecule has 2 heterocycles. The molecule has 2 aromatic rings. The lowest BCUT2D eigenvalue weighted by atomic mass is 9.96. The molecule has 2 aliphatic heterocycles. The lowest BCUT2D eigenvalue weighted by Gasteiger charge is -2.11. The topological polar surface area (TPSA) is 139 Å². The maximum absolute atomic E-state index is 9.77. The molecule has 0 aliphatic carbocycles. The average molecular weight is 541 g/mol. The van der Waals surface area contributed by atoms with Crippen LogP contribution < -0.4 is 10.6 Å². The summed E-state index contributed by atoms with van der Waals surface area (Å²) < 4.78 is 0. The average Bonchev–Trinajstić information content (AvgIpc) is 3.14. The SMILES string of the molecule is C[C@H]1CNCCc2ccc(Cl)cc21.C[C@H]1CNCCc2ccc(Cl)cc21.O=C(O)C(O)C(O)C(=O)O. The first-order chi connectivity index (χ1) is 17.0. The van der Waals surface area contributed by atoms with Gasteiger partial charge in [-0.2, -0.15) is 0 Å². The summed E-state index contributed by atoms with van der Waals surface area (Å²) >= 11 is 11.9. The third kappa shape index (κ3) is 9.03. The van der Waals surface area contributed by atoms with Crippen molar-refractivity contribution in [1.82, 2.24) is 10.6 Å². The largest absolute Gasteiger partial charge is 0.479 e. The summed E-state index contributed by atoms with van der Waals surface area (Å²) in [7, 11) is 0. The van der Waals surface area contributed by atoms with E-state index in [0.717, 1.165) is 49.1 Å². The highest BCUT2D eigenvalue weighted by Crippen LogP contribution is 2.26. The summed E-state index contributed by atoms with van der Waals surface area (Å²) in [5.74, 6) is -2.38. The van der Waals surface area contributed by atoms with Gasteiger partial charge in [-0.3, -0.25) is 0 Å². The van der Waals surface area contributed by atoms with Crippen LogP contribution in [0.25, 0.3) is 0 Å².